The standard InChI is InChI=1S/C23H26ClFN2O4S/c1-32(29,30)26-23(28)18-12-17(16-6-7-16)22(13-20(18)25)31-14-15-8-10-27(11-9-15)21-5-3-2-4-19(21)24/h2-5,12-13,15-16H,6-11,14H2,1H3,(H,26,28). The van der Waals surface area contributed by atoms with Gasteiger partial charge in [-0.2, -0.15) is 0 Å². The number of nitrogens with one attached hydrogen (secondary N) is 1. The molecule has 4 rings (SSSR count). The third-order valence-electron chi connectivity index (χ3n) is 5.92. The van der Waals surface area contributed by atoms with Gasteiger partial charge in [0.1, 0.15) is 11.6 Å². The van der Waals surface area contributed by atoms with Crippen LogP contribution in [0.3, 0.4) is 0 Å². The Morgan fingerprint density at radius 3 is 2.50 bits per heavy atom. The number of anilines is 1. The van der Waals surface area contributed by atoms with Gasteiger partial charge in [0.15, 0.2) is 0 Å². The Morgan fingerprint density at radius 2 is 1.88 bits per heavy atom. The van der Waals surface area contributed by atoms with E-state index in [1.807, 2.05) is 29.0 Å². The van der Waals surface area contributed by atoms with Crippen molar-refractivity contribution in [3.8, 4) is 5.75 Å². The van der Waals surface area contributed by atoms with Crippen LogP contribution in [0.25, 0.3) is 0 Å². The lowest BCUT2D eigenvalue weighted by Crippen LogP contribution is -2.35. The number of ether oxygens (including phenoxy) is 1. The molecular formula is C23H26ClFN2O4S. The molecule has 2 aromatic carbocycles. The first-order chi connectivity index (χ1) is 15.2. The van der Waals surface area contributed by atoms with Crippen LogP contribution in [-0.4, -0.2) is 40.3 Å². The normalized spacial score (nSPS) is 17.3. The highest BCUT2D eigenvalue weighted by atomic mass is 35.5. The van der Waals surface area contributed by atoms with E-state index in [0.717, 1.165) is 61.3 Å². The van der Waals surface area contributed by atoms with Crippen molar-refractivity contribution in [2.45, 2.75) is 31.6 Å². The predicted molar refractivity (Wildman–Crippen MR) is 123 cm³/mol. The smallest absolute Gasteiger partial charge is 0.267 e. The van der Waals surface area contributed by atoms with Crippen LogP contribution in [0.4, 0.5) is 10.1 Å². The summed E-state index contributed by atoms with van der Waals surface area (Å²) >= 11 is 6.31. The average molecular weight is 481 g/mol. The van der Waals surface area contributed by atoms with Gasteiger partial charge in [-0.25, -0.2) is 17.5 Å². The molecule has 1 aliphatic heterocycles. The number of hydrogen-bond acceptors (Lipinski definition) is 5. The molecule has 0 unspecified atom stereocenters. The molecule has 1 saturated carbocycles. The van der Waals surface area contributed by atoms with E-state index < -0.39 is 21.7 Å². The molecule has 2 fully saturated rings. The number of sulfonamides is 1. The maximum atomic E-state index is 14.6. The number of benzene rings is 2. The maximum Gasteiger partial charge on any atom is 0.267 e. The molecule has 2 aliphatic rings. The van der Waals surface area contributed by atoms with Gasteiger partial charge in [0.05, 0.1) is 29.1 Å². The number of carbonyl (C=O) groups excluding carboxylic acids is 1. The SMILES string of the molecule is CS(=O)(=O)NC(=O)c1cc(C2CC2)c(OCC2CCN(c3ccccc3Cl)CC2)cc1F. The first kappa shape index (κ1) is 22.9. The van der Waals surface area contributed by atoms with Gasteiger partial charge in [-0.1, -0.05) is 23.7 Å². The minimum Gasteiger partial charge on any atom is -0.493 e. The van der Waals surface area contributed by atoms with E-state index in [1.165, 1.54) is 12.1 Å². The van der Waals surface area contributed by atoms with E-state index in [4.69, 9.17) is 16.3 Å². The number of rotatable bonds is 7. The second-order valence-corrected chi connectivity index (χ2v) is 10.7. The molecule has 172 valence electrons. The zero-order valence-corrected chi connectivity index (χ0v) is 19.4. The quantitative estimate of drug-likeness (QED) is 0.638. The largest absolute Gasteiger partial charge is 0.493 e. The highest BCUT2D eigenvalue weighted by Gasteiger charge is 2.30. The molecule has 0 aromatic heterocycles. The van der Waals surface area contributed by atoms with Crippen molar-refractivity contribution in [1.29, 1.82) is 0 Å². The van der Waals surface area contributed by atoms with Crippen LogP contribution in [0, 0.1) is 11.7 Å². The summed E-state index contributed by atoms with van der Waals surface area (Å²) in [5, 5.41) is 0.742. The van der Waals surface area contributed by atoms with Crippen molar-refractivity contribution < 1.29 is 22.3 Å². The van der Waals surface area contributed by atoms with Crippen LogP contribution in [0.2, 0.25) is 5.02 Å². The van der Waals surface area contributed by atoms with E-state index in [-0.39, 0.29) is 11.5 Å². The fraction of sp³-hybridized carbons (Fsp3) is 0.435. The van der Waals surface area contributed by atoms with Crippen molar-refractivity contribution in [2.75, 3.05) is 30.9 Å². The number of carbonyl (C=O) groups is 1. The molecule has 2 aromatic rings. The van der Waals surface area contributed by atoms with Crippen LogP contribution in [0.1, 0.15) is 47.5 Å². The molecular weight excluding hydrogens is 455 g/mol. The molecule has 0 atom stereocenters. The molecule has 9 heteroatoms. The average Bonchev–Trinajstić information content (AvgIpc) is 3.57. The zero-order chi connectivity index (χ0) is 22.9. The van der Waals surface area contributed by atoms with Crippen molar-refractivity contribution in [3.05, 3.63) is 58.4 Å². The summed E-state index contributed by atoms with van der Waals surface area (Å²) in [6, 6.07) is 10.4. The van der Waals surface area contributed by atoms with Gasteiger partial charge in [0.25, 0.3) is 5.91 Å². The van der Waals surface area contributed by atoms with E-state index in [9.17, 15) is 17.6 Å². The van der Waals surface area contributed by atoms with E-state index in [2.05, 4.69) is 4.90 Å². The van der Waals surface area contributed by atoms with Crippen LogP contribution >= 0.6 is 11.6 Å². The van der Waals surface area contributed by atoms with E-state index in [0.29, 0.717) is 18.3 Å². The molecule has 1 N–H and O–H groups in total. The van der Waals surface area contributed by atoms with Gasteiger partial charge in [0.2, 0.25) is 10.0 Å². The van der Waals surface area contributed by atoms with Gasteiger partial charge in [-0.3, -0.25) is 4.79 Å². The lowest BCUT2D eigenvalue weighted by atomic mass is 9.97. The number of nitrogens with zero attached hydrogens (tertiary/aromatic N) is 1. The van der Waals surface area contributed by atoms with Gasteiger partial charge in [-0.15, -0.1) is 0 Å². The molecule has 32 heavy (non-hydrogen) atoms. The van der Waals surface area contributed by atoms with Gasteiger partial charge in [0, 0.05) is 19.2 Å². The molecule has 1 saturated heterocycles. The highest BCUT2D eigenvalue weighted by molar-refractivity contribution is 7.89. The first-order valence-corrected chi connectivity index (χ1v) is 13.0. The van der Waals surface area contributed by atoms with Crippen molar-refractivity contribution in [2.24, 2.45) is 5.92 Å². The summed E-state index contributed by atoms with van der Waals surface area (Å²) < 4.78 is 45.2. The summed E-state index contributed by atoms with van der Waals surface area (Å²) in [4.78, 5) is 14.4. The Hall–Kier alpha value is -2.32. The number of para-hydroxylation sites is 1. The fourth-order valence-corrected chi connectivity index (χ4v) is 4.77. The Bertz CT molecular complexity index is 1110. The fourth-order valence-electron chi connectivity index (χ4n) is 4.06. The topological polar surface area (TPSA) is 75.7 Å². The van der Waals surface area contributed by atoms with Crippen LogP contribution < -0.4 is 14.4 Å². The van der Waals surface area contributed by atoms with Crippen molar-refractivity contribution in [3.63, 3.8) is 0 Å². The zero-order valence-electron chi connectivity index (χ0n) is 17.8. The Kier molecular flexibility index (Phi) is 6.62. The second kappa shape index (κ2) is 9.27. The molecule has 1 amide bonds. The monoisotopic (exact) mass is 480 g/mol. The third kappa shape index (κ3) is 5.53. The minimum atomic E-state index is -3.78. The number of piperidine rings is 1. The maximum absolute atomic E-state index is 14.6. The second-order valence-electron chi connectivity index (χ2n) is 8.54. The van der Waals surface area contributed by atoms with Crippen LogP contribution in [0.5, 0.6) is 5.75 Å². The molecule has 1 heterocycles. The van der Waals surface area contributed by atoms with Gasteiger partial charge < -0.3 is 9.64 Å². The number of hydrogen-bond donors (Lipinski definition) is 1. The summed E-state index contributed by atoms with van der Waals surface area (Å²) in [6.07, 6.45) is 4.60. The lowest BCUT2D eigenvalue weighted by molar-refractivity contribution is 0.0977. The van der Waals surface area contributed by atoms with Gasteiger partial charge in [-0.05, 0) is 61.3 Å². The summed E-state index contributed by atoms with van der Waals surface area (Å²) in [7, 11) is -3.78. The predicted octanol–water partition coefficient (Wildman–Crippen LogP) is 4.34. The summed E-state index contributed by atoms with van der Waals surface area (Å²) in [5.41, 5.74) is 1.52. The summed E-state index contributed by atoms with van der Waals surface area (Å²) in [5.74, 6) is -0.784. The lowest BCUT2D eigenvalue weighted by Gasteiger charge is -2.34. The number of amides is 1. The highest BCUT2D eigenvalue weighted by Crippen LogP contribution is 2.45. The van der Waals surface area contributed by atoms with Crippen molar-refractivity contribution >= 4 is 33.2 Å². The van der Waals surface area contributed by atoms with Crippen LogP contribution in [-0.2, 0) is 10.0 Å². The summed E-state index contributed by atoms with van der Waals surface area (Å²) in [6.45, 7) is 2.20. The Morgan fingerprint density at radius 1 is 1.19 bits per heavy atom. The minimum absolute atomic E-state index is 0.206. The molecule has 0 bridgehead atoms. The van der Waals surface area contributed by atoms with Crippen LogP contribution in [0.15, 0.2) is 36.4 Å². The Labute approximate surface area is 192 Å². The Balaban J connectivity index is 1.41. The molecule has 1 aliphatic carbocycles. The third-order valence-corrected chi connectivity index (χ3v) is 6.80. The molecule has 0 spiro atoms. The van der Waals surface area contributed by atoms with Gasteiger partial charge >= 0.3 is 0 Å². The molecule has 0 radical (unpaired) electrons. The van der Waals surface area contributed by atoms with E-state index in [1.54, 1.807) is 0 Å². The van der Waals surface area contributed by atoms with E-state index >= 15 is 0 Å². The first-order valence-electron chi connectivity index (χ1n) is 10.7. The van der Waals surface area contributed by atoms with Crippen molar-refractivity contribution in [1.82, 2.24) is 4.72 Å². The molecule has 6 nitrogen and oxygen atoms in total. The number of halogens is 2.